The fourth-order valence-corrected chi connectivity index (χ4v) is 1.41. The van der Waals surface area contributed by atoms with Gasteiger partial charge in [-0.3, -0.25) is 0 Å². The molecule has 0 bridgehead atoms. The van der Waals surface area contributed by atoms with Crippen molar-refractivity contribution in [3.05, 3.63) is 0 Å². The number of nitrogens with zero attached hydrogens (tertiary/aromatic N) is 1. The van der Waals surface area contributed by atoms with E-state index in [2.05, 4.69) is 43.4 Å². The van der Waals surface area contributed by atoms with Gasteiger partial charge in [0.2, 0.25) is 0 Å². The fraction of sp³-hybridized carbons (Fsp3) is 1.00. The Labute approximate surface area is 87.1 Å². The summed E-state index contributed by atoms with van der Waals surface area (Å²) >= 11 is 2.30. The van der Waals surface area contributed by atoms with E-state index in [4.69, 9.17) is 0 Å². The molecule has 0 heterocycles. The Kier molecular flexibility index (Phi) is 8.55. The van der Waals surface area contributed by atoms with Crippen LogP contribution in [0, 0.1) is 0 Å². The molecule has 0 rings (SSSR count). The Bertz CT molecular complexity index is 87.8. The van der Waals surface area contributed by atoms with Gasteiger partial charge in [0.25, 0.3) is 0 Å². The second-order valence-corrected chi connectivity index (χ2v) is 4.02. The van der Waals surface area contributed by atoms with Crippen LogP contribution < -0.4 is 0 Å². The molecule has 12 heavy (non-hydrogen) atoms. The minimum atomic E-state index is 0.848. The standard InChI is InChI=1S/C10H22N.Li/c1-4-7-10-11(8-5-2)9-6-3;/h4H,5-10H2,1-3H3;. The van der Waals surface area contributed by atoms with Gasteiger partial charge in [0, 0.05) is 0 Å². The average Bonchev–Trinajstić information content (AvgIpc) is 2.01. The molecule has 0 spiro atoms. The van der Waals surface area contributed by atoms with Crippen LogP contribution in [0.3, 0.4) is 0 Å². The quantitative estimate of drug-likeness (QED) is 0.521. The van der Waals surface area contributed by atoms with E-state index in [0.29, 0.717) is 0 Å². The first-order valence-electron chi connectivity index (χ1n) is 5.43. The fourth-order valence-electron chi connectivity index (χ4n) is 1.41. The van der Waals surface area contributed by atoms with Gasteiger partial charge in [0.05, 0.1) is 0 Å². The molecule has 1 nitrogen and oxygen atoms in total. The summed E-state index contributed by atoms with van der Waals surface area (Å²) in [5, 5.41) is 0. The summed E-state index contributed by atoms with van der Waals surface area (Å²) < 4.78 is 0.848. The summed E-state index contributed by atoms with van der Waals surface area (Å²) in [6.45, 7) is 10.7. The van der Waals surface area contributed by atoms with Gasteiger partial charge in [-0.15, -0.1) is 0 Å². The summed E-state index contributed by atoms with van der Waals surface area (Å²) in [5.74, 6) is 0. The molecular formula is C10H22LiN. The minimum absolute atomic E-state index is 0.848. The Hall–Kier alpha value is 0.557. The molecule has 1 atom stereocenters. The number of hydrogen-bond donors (Lipinski definition) is 0. The van der Waals surface area contributed by atoms with Gasteiger partial charge in [0.1, 0.15) is 0 Å². The van der Waals surface area contributed by atoms with Crippen LogP contribution in [-0.2, 0) is 0 Å². The Morgan fingerprint density at radius 3 is 1.92 bits per heavy atom. The first-order valence-corrected chi connectivity index (χ1v) is 5.43. The zero-order valence-electron chi connectivity index (χ0n) is 9.27. The van der Waals surface area contributed by atoms with Crippen molar-refractivity contribution in [2.24, 2.45) is 0 Å². The summed E-state index contributed by atoms with van der Waals surface area (Å²) in [4.78, 5) is 2.58. The van der Waals surface area contributed by atoms with Crippen molar-refractivity contribution in [2.45, 2.75) is 44.6 Å². The van der Waals surface area contributed by atoms with Crippen LogP contribution in [0.4, 0.5) is 0 Å². The van der Waals surface area contributed by atoms with E-state index < -0.39 is 0 Å². The number of rotatable bonds is 7. The third-order valence-electron chi connectivity index (χ3n) is 2.10. The van der Waals surface area contributed by atoms with Gasteiger partial charge >= 0.3 is 86.9 Å². The van der Waals surface area contributed by atoms with Crippen molar-refractivity contribution in [3.63, 3.8) is 0 Å². The van der Waals surface area contributed by atoms with Crippen molar-refractivity contribution in [2.75, 3.05) is 19.6 Å². The molecular weight excluding hydrogens is 141 g/mol. The van der Waals surface area contributed by atoms with Crippen LogP contribution in [-0.4, -0.2) is 42.2 Å². The predicted octanol–water partition coefficient (Wildman–Crippen LogP) is 2.48. The van der Waals surface area contributed by atoms with Crippen molar-refractivity contribution >= 4 is 17.7 Å². The van der Waals surface area contributed by atoms with Gasteiger partial charge < -0.3 is 0 Å². The zero-order valence-corrected chi connectivity index (χ0v) is 9.27. The molecule has 0 fully saturated rings. The van der Waals surface area contributed by atoms with Gasteiger partial charge in [-0.25, -0.2) is 0 Å². The van der Waals surface area contributed by atoms with Gasteiger partial charge in [0.15, 0.2) is 0 Å². The van der Waals surface area contributed by atoms with Crippen LogP contribution >= 0.6 is 0 Å². The molecule has 0 N–H and O–H groups in total. The van der Waals surface area contributed by atoms with Crippen LogP contribution in [0.25, 0.3) is 0 Å². The maximum atomic E-state index is 2.58. The monoisotopic (exact) mass is 163 g/mol. The molecule has 0 aliphatic rings. The van der Waals surface area contributed by atoms with Gasteiger partial charge in [-0.2, -0.15) is 0 Å². The Morgan fingerprint density at radius 1 is 1.08 bits per heavy atom. The zero-order chi connectivity index (χ0) is 9.40. The molecule has 2 heteroatoms. The van der Waals surface area contributed by atoms with E-state index in [-0.39, 0.29) is 0 Å². The van der Waals surface area contributed by atoms with E-state index in [1.807, 2.05) is 0 Å². The van der Waals surface area contributed by atoms with Gasteiger partial charge in [-0.1, -0.05) is 0 Å². The number of hydrogen-bond acceptors (Lipinski definition) is 1. The van der Waals surface area contributed by atoms with Crippen LogP contribution in [0.15, 0.2) is 0 Å². The summed E-state index contributed by atoms with van der Waals surface area (Å²) in [6, 6.07) is 0. The van der Waals surface area contributed by atoms with E-state index in [9.17, 15) is 0 Å². The van der Waals surface area contributed by atoms with E-state index in [1.165, 1.54) is 38.9 Å². The van der Waals surface area contributed by atoms with E-state index in [1.54, 1.807) is 0 Å². The first kappa shape index (κ1) is 12.6. The summed E-state index contributed by atoms with van der Waals surface area (Å²) in [6.07, 6.45) is 3.93. The van der Waals surface area contributed by atoms with E-state index in [0.717, 1.165) is 4.59 Å². The molecule has 0 aromatic carbocycles. The molecule has 0 saturated heterocycles. The third-order valence-corrected chi connectivity index (χ3v) is 2.10. The molecule has 0 aliphatic heterocycles. The second kappa shape index (κ2) is 8.17. The van der Waals surface area contributed by atoms with Crippen LogP contribution in [0.2, 0.25) is 4.59 Å². The maximum absolute atomic E-state index is 2.58. The molecule has 0 radical (unpaired) electrons. The van der Waals surface area contributed by atoms with Crippen LogP contribution in [0.5, 0.6) is 0 Å². The topological polar surface area (TPSA) is 3.24 Å². The molecule has 1 unspecified atom stereocenters. The molecule has 0 aromatic rings. The normalized spacial score (nSPS) is 13.8. The Balaban J connectivity index is 3.48. The van der Waals surface area contributed by atoms with Crippen LogP contribution in [0.1, 0.15) is 40.0 Å². The average molecular weight is 163 g/mol. The molecule has 0 saturated carbocycles. The van der Waals surface area contributed by atoms with Crippen molar-refractivity contribution in [3.8, 4) is 0 Å². The first-order chi connectivity index (χ1) is 5.70. The molecule has 0 aromatic heterocycles. The predicted molar refractivity (Wildman–Crippen MR) is 56.8 cm³/mol. The van der Waals surface area contributed by atoms with Gasteiger partial charge in [-0.05, 0) is 0 Å². The third kappa shape index (κ3) is 7.22. The Morgan fingerprint density at radius 2 is 1.58 bits per heavy atom. The second-order valence-electron chi connectivity index (χ2n) is 4.02. The van der Waals surface area contributed by atoms with Crippen molar-refractivity contribution in [1.82, 2.24) is 4.90 Å². The molecule has 0 aliphatic carbocycles. The van der Waals surface area contributed by atoms with Crippen molar-refractivity contribution in [1.29, 1.82) is 0 Å². The van der Waals surface area contributed by atoms with E-state index >= 15 is 0 Å². The molecule has 68 valence electrons. The summed E-state index contributed by atoms with van der Waals surface area (Å²) in [5.41, 5.74) is 0. The molecule has 0 amide bonds. The summed E-state index contributed by atoms with van der Waals surface area (Å²) in [7, 11) is 0. The van der Waals surface area contributed by atoms with Crippen molar-refractivity contribution < 1.29 is 0 Å². The SMILES string of the molecule is [Li][CH](C)CCN(CCC)CCC.